The fourth-order valence-electron chi connectivity index (χ4n) is 2.21. The Bertz CT molecular complexity index is 281. The van der Waals surface area contributed by atoms with Crippen molar-refractivity contribution in [1.29, 1.82) is 0 Å². The number of hydrogen-bond acceptors (Lipinski definition) is 3. The lowest BCUT2D eigenvalue weighted by atomic mass is 9.92. The van der Waals surface area contributed by atoms with E-state index in [1.165, 1.54) is 0 Å². The van der Waals surface area contributed by atoms with Gasteiger partial charge in [-0.15, -0.1) is 0 Å². The molecule has 0 radical (unpaired) electrons. The highest BCUT2D eigenvalue weighted by Gasteiger charge is 2.30. The van der Waals surface area contributed by atoms with Crippen LogP contribution >= 0.6 is 0 Å². The molecule has 0 aromatic heterocycles. The SMILES string of the molecule is CCCC(NC(=O)C1NCCCC1C)C(=O)O. The molecule has 1 rings (SSSR count). The van der Waals surface area contributed by atoms with Gasteiger partial charge in [0.05, 0.1) is 6.04 Å². The summed E-state index contributed by atoms with van der Waals surface area (Å²) in [6.07, 6.45) is 3.30. The molecule has 0 aliphatic carbocycles. The minimum Gasteiger partial charge on any atom is -0.480 e. The molecule has 3 N–H and O–H groups in total. The van der Waals surface area contributed by atoms with E-state index in [2.05, 4.69) is 10.6 Å². The first-order valence-corrected chi connectivity index (χ1v) is 6.32. The Morgan fingerprint density at radius 2 is 2.24 bits per heavy atom. The molecule has 1 aliphatic rings. The second-order valence-corrected chi connectivity index (χ2v) is 4.74. The van der Waals surface area contributed by atoms with Gasteiger partial charge in [-0.3, -0.25) is 4.79 Å². The third-order valence-corrected chi connectivity index (χ3v) is 3.24. The van der Waals surface area contributed by atoms with Crippen molar-refractivity contribution in [2.24, 2.45) is 5.92 Å². The minimum atomic E-state index is -0.955. The molecule has 1 fully saturated rings. The van der Waals surface area contributed by atoms with Gasteiger partial charge in [0, 0.05) is 0 Å². The lowest BCUT2D eigenvalue weighted by Gasteiger charge is -2.30. The van der Waals surface area contributed by atoms with Crippen molar-refractivity contribution in [3.05, 3.63) is 0 Å². The number of hydrogen-bond donors (Lipinski definition) is 3. The van der Waals surface area contributed by atoms with Gasteiger partial charge >= 0.3 is 5.97 Å². The smallest absolute Gasteiger partial charge is 0.326 e. The Balaban J connectivity index is 2.53. The molecule has 0 aromatic rings. The van der Waals surface area contributed by atoms with Gasteiger partial charge in [-0.25, -0.2) is 4.79 Å². The number of aliphatic carboxylic acids is 1. The van der Waals surface area contributed by atoms with E-state index in [1.54, 1.807) is 0 Å². The molecule has 98 valence electrons. The minimum absolute atomic E-state index is 0.182. The quantitative estimate of drug-likeness (QED) is 0.664. The zero-order valence-electron chi connectivity index (χ0n) is 10.5. The van der Waals surface area contributed by atoms with E-state index >= 15 is 0 Å². The van der Waals surface area contributed by atoms with Crippen LogP contribution in [0.25, 0.3) is 0 Å². The molecule has 1 aliphatic heterocycles. The summed E-state index contributed by atoms with van der Waals surface area (Å²) in [5.41, 5.74) is 0. The molecule has 3 unspecified atom stereocenters. The van der Waals surface area contributed by atoms with Crippen LogP contribution in [-0.4, -0.2) is 35.6 Å². The average Bonchev–Trinajstić information content (AvgIpc) is 2.28. The lowest BCUT2D eigenvalue weighted by Crippen LogP contribution is -2.54. The van der Waals surface area contributed by atoms with Gasteiger partial charge in [-0.2, -0.15) is 0 Å². The predicted molar refractivity (Wildman–Crippen MR) is 64.7 cm³/mol. The first-order valence-electron chi connectivity index (χ1n) is 6.32. The van der Waals surface area contributed by atoms with Gasteiger partial charge in [0.15, 0.2) is 0 Å². The van der Waals surface area contributed by atoms with Crippen molar-refractivity contribution in [3.63, 3.8) is 0 Å². The Labute approximate surface area is 102 Å². The topological polar surface area (TPSA) is 78.4 Å². The van der Waals surface area contributed by atoms with Gasteiger partial charge in [0.2, 0.25) is 5.91 Å². The van der Waals surface area contributed by atoms with E-state index in [9.17, 15) is 9.59 Å². The van der Waals surface area contributed by atoms with Crippen LogP contribution in [0.2, 0.25) is 0 Å². The summed E-state index contributed by atoms with van der Waals surface area (Å²) in [5.74, 6) is -0.874. The molecule has 17 heavy (non-hydrogen) atoms. The van der Waals surface area contributed by atoms with E-state index in [4.69, 9.17) is 5.11 Å². The van der Waals surface area contributed by atoms with E-state index in [0.29, 0.717) is 6.42 Å². The summed E-state index contributed by atoms with van der Waals surface area (Å²) in [6, 6.07) is -1.01. The molecule has 0 bridgehead atoms. The zero-order valence-corrected chi connectivity index (χ0v) is 10.5. The maximum atomic E-state index is 12.0. The van der Waals surface area contributed by atoms with Crippen LogP contribution in [0.4, 0.5) is 0 Å². The molecule has 1 amide bonds. The van der Waals surface area contributed by atoms with Gasteiger partial charge in [-0.1, -0.05) is 20.3 Å². The Hall–Kier alpha value is -1.10. The lowest BCUT2D eigenvalue weighted by molar-refractivity contribution is -0.142. The fraction of sp³-hybridized carbons (Fsp3) is 0.833. The standard InChI is InChI=1S/C12H22N2O3/c1-3-5-9(12(16)17)14-11(15)10-8(2)6-4-7-13-10/h8-10,13H,3-7H2,1-2H3,(H,14,15)(H,16,17). The first-order chi connectivity index (χ1) is 8.06. The van der Waals surface area contributed by atoms with Crippen molar-refractivity contribution in [2.45, 2.75) is 51.6 Å². The number of carboxylic acids is 1. The number of piperidine rings is 1. The Morgan fingerprint density at radius 1 is 1.53 bits per heavy atom. The maximum absolute atomic E-state index is 12.0. The molecular weight excluding hydrogens is 220 g/mol. The summed E-state index contributed by atoms with van der Waals surface area (Å²) in [6.45, 7) is 4.75. The molecule has 0 aromatic carbocycles. The highest BCUT2D eigenvalue weighted by Crippen LogP contribution is 2.15. The highest BCUT2D eigenvalue weighted by atomic mass is 16.4. The Kier molecular flexibility index (Phi) is 5.41. The van der Waals surface area contributed by atoms with Crippen molar-refractivity contribution in [1.82, 2.24) is 10.6 Å². The molecule has 0 spiro atoms. The predicted octanol–water partition coefficient (Wildman–Crippen LogP) is 0.744. The molecule has 3 atom stereocenters. The summed E-state index contributed by atoms with van der Waals surface area (Å²) in [7, 11) is 0. The van der Waals surface area contributed by atoms with Gasteiger partial charge < -0.3 is 15.7 Å². The van der Waals surface area contributed by atoms with Gasteiger partial charge in [0.25, 0.3) is 0 Å². The molecule has 5 nitrogen and oxygen atoms in total. The Morgan fingerprint density at radius 3 is 2.76 bits per heavy atom. The molecule has 1 heterocycles. The van der Waals surface area contributed by atoms with Crippen molar-refractivity contribution in [2.75, 3.05) is 6.54 Å². The number of nitrogens with one attached hydrogen (secondary N) is 2. The maximum Gasteiger partial charge on any atom is 0.326 e. The normalized spacial score (nSPS) is 26.2. The molecule has 1 saturated heterocycles. The van der Waals surface area contributed by atoms with Crippen LogP contribution in [0.5, 0.6) is 0 Å². The second-order valence-electron chi connectivity index (χ2n) is 4.74. The summed E-state index contributed by atoms with van der Waals surface area (Å²) >= 11 is 0. The van der Waals surface area contributed by atoms with Crippen LogP contribution in [0.15, 0.2) is 0 Å². The second kappa shape index (κ2) is 6.59. The summed E-state index contributed by atoms with van der Waals surface area (Å²) in [5, 5.41) is 14.7. The van der Waals surface area contributed by atoms with E-state index < -0.39 is 12.0 Å². The number of rotatable bonds is 5. The number of carbonyl (C=O) groups is 2. The van der Waals surface area contributed by atoms with Crippen molar-refractivity contribution in [3.8, 4) is 0 Å². The molecular formula is C12H22N2O3. The third kappa shape index (κ3) is 4.00. The largest absolute Gasteiger partial charge is 0.480 e. The molecule has 5 heteroatoms. The van der Waals surface area contributed by atoms with Crippen LogP contribution in [0, 0.1) is 5.92 Å². The van der Waals surface area contributed by atoms with Crippen LogP contribution in [0.3, 0.4) is 0 Å². The summed E-state index contributed by atoms with van der Waals surface area (Å²) in [4.78, 5) is 22.9. The third-order valence-electron chi connectivity index (χ3n) is 3.24. The van der Waals surface area contributed by atoms with E-state index in [0.717, 1.165) is 25.8 Å². The summed E-state index contributed by atoms with van der Waals surface area (Å²) < 4.78 is 0. The van der Waals surface area contributed by atoms with Gasteiger partial charge in [-0.05, 0) is 31.7 Å². The van der Waals surface area contributed by atoms with Crippen LogP contribution < -0.4 is 10.6 Å². The van der Waals surface area contributed by atoms with Crippen LogP contribution in [-0.2, 0) is 9.59 Å². The zero-order chi connectivity index (χ0) is 12.8. The molecule has 0 saturated carbocycles. The number of carboxylic acid groups (broad SMARTS) is 1. The van der Waals surface area contributed by atoms with Crippen LogP contribution in [0.1, 0.15) is 39.5 Å². The number of carbonyl (C=O) groups excluding carboxylic acids is 1. The average molecular weight is 242 g/mol. The fourth-order valence-corrected chi connectivity index (χ4v) is 2.21. The van der Waals surface area contributed by atoms with Crippen molar-refractivity contribution >= 4 is 11.9 Å². The first kappa shape index (κ1) is 14.0. The number of amides is 1. The van der Waals surface area contributed by atoms with Crippen molar-refractivity contribution < 1.29 is 14.7 Å². The van der Waals surface area contributed by atoms with Gasteiger partial charge in [0.1, 0.15) is 6.04 Å². The highest BCUT2D eigenvalue weighted by molar-refractivity contribution is 5.87. The van der Waals surface area contributed by atoms with E-state index in [-0.39, 0.29) is 17.9 Å². The van der Waals surface area contributed by atoms with E-state index in [1.807, 2.05) is 13.8 Å². The monoisotopic (exact) mass is 242 g/mol.